The molecule has 2 aliphatic rings. The van der Waals surface area contributed by atoms with Gasteiger partial charge in [-0.25, -0.2) is 4.79 Å². The molecule has 8 N–H and O–H groups in total. The Labute approximate surface area is 231 Å². The van der Waals surface area contributed by atoms with Gasteiger partial charge in [0.25, 0.3) is 0 Å². The van der Waals surface area contributed by atoms with Crippen molar-refractivity contribution in [1.29, 1.82) is 0 Å². The van der Waals surface area contributed by atoms with E-state index >= 15 is 0 Å². The fourth-order valence-electron chi connectivity index (χ4n) is 4.99. The maximum Gasteiger partial charge on any atom is 0.319 e. The Bertz CT molecular complexity index is 945. The quantitative estimate of drug-likeness (QED) is 0.150. The fraction of sp³-hybridized carbons (Fsp3) is 0.720. The Balaban J connectivity index is 1.87. The van der Waals surface area contributed by atoms with E-state index in [0.717, 1.165) is 22.3 Å². The van der Waals surface area contributed by atoms with E-state index in [9.17, 15) is 40.5 Å². The summed E-state index contributed by atoms with van der Waals surface area (Å²) in [5.74, 6) is 0.132. The zero-order valence-corrected chi connectivity index (χ0v) is 22.8. The van der Waals surface area contributed by atoms with Crippen molar-refractivity contribution in [2.24, 2.45) is 0 Å². The number of nitrogens with one attached hydrogen (secondary N) is 1. The molecule has 0 spiro atoms. The number of hydrogen-bond donors (Lipinski definition) is 8. The van der Waals surface area contributed by atoms with Crippen LogP contribution in [-0.4, -0.2) is 134 Å². The van der Waals surface area contributed by atoms with Crippen molar-refractivity contribution >= 4 is 17.6 Å². The summed E-state index contributed by atoms with van der Waals surface area (Å²) in [5, 5.41) is 74.7. The van der Waals surface area contributed by atoms with E-state index in [0.29, 0.717) is 0 Å². The first-order valence-electron chi connectivity index (χ1n) is 12.7. The molecule has 0 aromatic heterocycles. The van der Waals surface area contributed by atoms with E-state index < -0.39 is 80.6 Å². The lowest BCUT2D eigenvalue weighted by Gasteiger charge is -2.48. The summed E-state index contributed by atoms with van der Waals surface area (Å²) in [6.45, 7) is 4.42. The van der Waals surface area contributed by atoms with Crippen LogP contribution in [0.4, 0.5) is 4.79 Å². The summed E-state index contributed by atoms with van der Waals surface area (Å²) in [7, 11) is 0. The Kier molecular flexibility index (Phi) is 11.3. The van der Waals surface area contributed by atoms with E-state index in [-0.39, 0.29) is 19.0 Å². The SMILES string of the molecule is Cc1cc(C)c(CN(C(=O)NCCCl)C2O[C@H](CO)[C@@H](O[C@H]3O[C@H](CO)[C@@H](O)[C@H](O)[C@H]3O)[C@H](O)[C@H]2O)c(C)c1. The van der Waals surface area contributed by atoms with Crippen LogP contribution in [-0.2, 0) is 20.8 Å². The van der Waals surface area contributed by atoms with Crippen LogP contribution in [0.15, 0.2) is 12.1 Å². The number of amides is 2. The van der Waals surface area contributed by atoms with Gasteiger partial charge in [0, 0.05) is 12.4 Å². The first-order valence-corrected chi connectivity index (χ1v) is 13.2. The van der Waals surface area contributed by atoms with Gasteiger partial charge in [0.15, 0.2) is 12.5 Å². The monoisotopic (exact) mass is 578 g/mol. The molecule has 222 valence electrons. The molecule has 1 aromatic rings. The molecule has 0 bridgehead atoms. The molecule has 1 unspecified atom stereocenters. The zero-order chi connectivity index (χ0) is 29.0. The van der Waals surface area contributed by atoms with Gasteiger partial charge in [0.2, 0.25) is 0 Å². The number of aliphatic hydroxyl groups is 7. The van der Waals surface area contributed by atoms with Crippen LogP contribution in [0.3, 0.4) is 0 Å². The van der Waals surface area contributed by atoms with Crippen molar-refractivity contribution in [2.75, 3.05) is 25.6 Å². The minimum Gasteiger partial charge on any atom is -0.394 e. The summed E-state index contributed by atoms with van der Waals surface area (Å²) in [6.07, 6.45) is -15.8. The zero-order valence-electron chi connectivity index (χ0n) is 22.1. The first kappa shape index (κ1) is 31.9. The maximum atomic E-state index is 13.2. The number of rotatable bonds is 9. The fourth-order valence-corrected chi connectivity index (χ4v) is 5.08. The van der Waals surface area contributed by atoms with E-state index in [1.807, 2.05) is 32.9 Å². The van der Waals surface area contributed by atoms with Crippen LogP contribution in [0.1, 0.15) is 22.3 Å². The predicted octanol–water partition coefficient (Wildman–Crippen LogP) is -2.01. The normalized spacial score (nSPS) is 35.1. The number of carbonyl (C=O) groups excluding carboxylic acids is 1. The van der Waals surface area contributed by atoms with E-state index in [1.165, 1.54) is 4.90 Å². The number of ether oxygens (including phenoxy) is 3. The van der Waals surface area contributed by atoms with Crippen LogP contribution in [0.5, 0.6) is 0 Å². The van der Waals surface area contributed by atoms with Crippen molar-refractivity contribution in [3.05, 3.63) is 34.4 Å². The molecule has 2 saturated heterocycles. The standard InChI is InChI=1S/C25H39ClN2O11/c1-11-6-12(2)14(13(3)7-11)8-28(25(36)27-5-4-26)23-20(34)19(33)22(16(10-30)37-23)39-24-21(35)18(32)17(31)15(9-29)38-24/h6-7,15-24,29-35H,4-5,8-10H2,1-3H3,(H,27,36)/t15-,16-,17-,18+,19-,20-,21-,22-,23?,24-/m1/s1. The summed E-state index contributed by atoms with van der Waals surface area (Å²) in [4.78, 5) is 14.4. The molecule has 0 radical (unpaired) electrons. The Morgan fingerprint density at radius 3 is 2.10 bits per heavy atom. The Morgan fingerprint density at radius 2 is 1.54 bits per heavy atom. The molecule has 2 fully saturated rings. The largest absolute Gasteiger partial charge is 0.394 e. The van der Waals surface area contributed by atoms with Gasteiger partial charge in [-0.15, -0.1) is 11.6 Å². The van der Waals surface area contributed by atoms with E-state index in [1.54, 1.807) is 0 Å². The van der Waals surface area contributed by atoms with Crippen LogP contribution in [0.25, 0.3) is 0 Å². The Morgan fingerprint density at radius 1 is 0.923 bits per heavy atom. The molecule has 2 aliphatic heterocycles. The van der Waals surface area contributed by atoms with Gasteiger partial charge in [0.1, 0.15) is 48.8 Å². The second-order valence-electron chi connectivity index (χ2n) is 9.95. The number of urea groups is 1. The second-order valence-corrected chi connectivity index (χ2v) is 10.3. The lowest BCUT2D eigenvalue weighted by molar-refractivity contribution is -0.347. The van der Waals surface area contributed by atoms with Crippen molar-refractivity contribution in [3.8, 4) is 0 Å². The van der Waals surface area contributed by atoms with Gasteiger partial charge in [0.05, 0.1) is 19.8 Å². The van der Waals surface area contributed by atoms with Gasteiger partial charge in [-0.2, -0.15) is 0 Å². The van der Waals surface area contributed by atoms with Crippen LogP contribution in [0.2, 0.25) is 0 Å². The van der Waals surface area contributed by atoms with Gasteiger partial charge < -0.3 is 55.3 Å². The summed E-state index contributed by atoms with van der Waals surface area (Å²) < 4.78 is 16.8. The summed E-state index contributed by atoms with van der Waals surface area (Å²) >= 11 is 5.74. The van der Waals surface area contributed by atoms with Crippen LogP contribution < -0.4 is 5.32 Å². The minimum atomic E-state index is -1.78. The van der Waals surface area contributed by atoms with Gasteiger partial charge >= 0.3 is 6.03 Å². The molecule has 3 rings (SSSR count). The number of aliphatic hydroxyl groups excluding tert-OH is 7. The highest BCUT2D eigenvalue weighted by molar-refractivity contribution is 6.18. The highest BCUT2D eigenvalue weighted by Crippen LogP contribution is 2.31. The molecule has 0 saturated carbocycles. The third-order valence-corrected chi connectivity index (χ3v) is 7.28. The number of alkyl halides is 1. The topological polar surface area (TPSA) is 202 Å². The molecule has 39 heavy (non-hydrogen) atoms. The van der Waals surface area contributed by atoms with Crippen molar-refractivity contribution in [1.82, 2.24) is 10.2 Å². The molecular weight excluding hydrogens is 540 g/mol. The summed E-state index contributed by atoms with van der Waals surface area (Å²) in [6, 6.07) is 3.27. The Hall–Kier alpha value is -1.62. The molecule has 2 amide bonds. The second kappa shape index (κ2) is 13.8. The van der Waals surface area contributed by atoms with Crippen LogP contribution >= 0.6 is 11.6 Å². The predicted molar refractivity (Wildman–Crippen MR) is 137 cm³/mol. The van der Waals surface area contributed by atoms with Gasteiger partial charge in [-0.3, -0.25) is 4.90 Å². The molecule has 0 aliphatic carbocycles. The highest BCUT2D eigenvalue weighted by atomic mass is 35.5. The van der Waals surface area contributed by atoms with Crippen molar-refractivity contribution in [2.45, 2.75) is 88.7 Å². The third kappa shape index (κ3) is 7.00. The number of hydrogen-bond acceptors (Lipinski definition) is 11. The highest BCUT2D eigenvalue weighted by Gasteiger charge is 2.52. The molecule has 13 nitrogen and oxygen atoms in total. The van der Waals surface area contributed by atoms with Crippen LogP contribution in [0, 0.1) is 20.8 Å². The molecule has 14 heteroatoms. The molecule has 2 heterocycles. The van der Waals surface area contributed by atoms with E-state index in [4.69, 9.17) is 25.8 Å². The lowest BCUT2D eigenvalue weighted by Crippen LogP contribution is -2.67. The minimum absolute atomic E-state index is 0.00308. The van der Waals surface area contributed by atoms with Gasteiger partial charge in [-0.05, 0) is 37.5 Å². The average Bonchev–Trinajstić information content (AvgIpc) is 2.90. The number of halogens is 1. The molecular formula is C25H39ClN2O11. The number of nitrogens with zero attached hydrogens (tertiary/aromatic N) is 1. The number of carbonyl (C=O) groups is 1. The van der Waals surface area contributed by atoms with Crippen molar-refractivity contribution < 1.29 is 54.8 Å². The summed E-state index contributed by atoms with van der Waals surface area (Å²) in [5.41, 5.74) is 3.63. The maximum absolute atomic E-state index is 13.2. The number of aryl methyl sites for hydroxylation is 3. The molecule has 10 atom stereocenters. The molecule has 1 aromatic carbocycles. The number of benzene rings is 1. The third-order valence-electron chi connectivity index (χ3n) is 7.09. The smallest absolute Gasteiger partial charge is 0.319 e. The van der Waals surface area contributed by atoms with Crippen molar-refractivity contribution in [3.63, 3.8) is 0 Å². The van der Waals surface area contributed by atoms with E-state index in [2.05, 4.69) is 5.32 Å². The first-order chi connectivity index (χ1) is 18.4. The van der Waals surface area contributed by atoms with Gasteiger partial charge in [-0.1, -0.05) is 17.7 Å². The lowest BCUT2D eigenvalue weighted by atomic mass is 9.95. The average molecular weight is 579 g/mol.